The van der Waals surface area contributed by atoms with Gasteiger partial charge in [0.05, 0.1) is 18.8 Å². The van der Waals surface area contributed by atoms with Crippen LogP contribution < -0.4 is 5.32 Å². The molecule has 0 saturated carbocycles. The van der Waals surface area contributed by atoms with Gasteiger partial charge in [-0.05, 0) is 13.3 Å². The Morgan fingerprint density at radius 3 is 2.00 bits per heavy atom. The largest absolute Gasteiger partial charge is 0.394 e. The highest BCUT2D eigenvalue weighted by Gasteiger charge is 2.25. The molecule has 0 spiro atoms. The molecular formula is C6H15NO2S. The van der Waals surface area contributed by atoms with Crippen molar-refractivity contribution in [3.63, 3.8) is 0 Å². The van der Waals surface area contributed by atoms with E-state index in [2.05, 4.69) is 5.32 Å². The molecule has 0 aromatic carbocycles. The molecule has 0 saturated heterocycles. The summed E-state index contributed by atoms with van der Waals surface area (Å²) in [7, 11) is 1.74. The van der Waals surface area contributed by atoms with Gasteiger partial charge in [-0.25, -0.2) is 0 Å². The molecule has 0 fully saturated rings. The highest BCUT2D eigenvalue weighted by atomic mass is 32.2. The second-order valence-electron chi connectivity index (χ2n) is 2.28. The van der Waals surface area contributed by atoms with Gasteiger partial charge in [-0.2, -0.15) is 11.8 Å². The average Bonchev–Trinajstić information content (AvgIpc) is 2.01. The molecule has 0 unspecified atom stereocenters. The lowest BCUT2D eigenvalue weighted by Gasteiger charge is -2.28. The number of rotatable bonds is 5. The number of likely N-dealkylation sites (N-methyl/N-ethyl adjacent to an activating group) is 1. The maximum Gasteiger partial charge on any atom is 0.0736 e. The van der Waals surface area contributed by atoms with Crippen LogP contribution in [0.2, 0.25) is 0 Å². The van der Waals surface area contributed by atoms with Crippen LogP contribution in [0.5, 0.6) is 0 Å². The fourth-order valence-corrected chi connectivity index (χ4v) is 1.53. The molecule has 0 bridgehead atoms. The molecular weight excluding hydrogens is 150 g/mol. The maximum atomic E-state index is 8.87. The highest BCUT2D eigenvalue weighted by molar-refractivity contribution is 7.98. The Labute approximate surface area is 65.8 Å². The van der Waals surface area contributed by atoms with Gasteiger partial charge in [0.25, 0.3) is 0 Å². The predicted molar refractivity (Wildman–Crippen MR) is 44.3 cm³/mol. The Hall–Kier alpha value is 0.230. The Balaban J connectivity index is 3.87. The third-order valence-corrected chi connectivity index (χ3v) is 2.40. The molecule has 0 radical (unpaired) electrons. The fraction of sp³-hybridized carbons (Fsp3) is 1.00. The summed E-state index contributed by atoms with van der Waals surface area (Å²) in [6.07, 6.45) is 1.94. The van der Waals surface area contributed by atoms with Crippen molar-refractivity contribution in [1.82, 2.24) is 5.32 Å². The van der Waals surface area contributed by atoms with Gasteiger partial charge in [-0.3, -0.25) is 0 Å². The third kappa shape index (κ3) is 2.46. The number of aliphatic hydroxyl groups excluding tert-OH is 2. The van der Waals surface area contributed by atoms with Crippen molar-refractivity contribution in [3.05, 3.63) is 0 Å². The standard InChI is InChI=1S/C6H15NO2S/c1-7-6(3-8,4-9)5-10-2/h7-9H,3-5H2,1-2H3. The summed E-state index contributed by atoms with van der Waals surface area (Å²) in [5.41, 5.74) is -0.501. The molecule has 0 rings (SSSR count). The van der Waals surface area contributed by atoms with Crippen LogP contribution in [0.1, 0.15) is 0 Å². The van der Waals surface area contributed by atoms with E-state index in [9.17, 15) is 0 Å². The van der Waals surface area contributed by atoms with E-state index in [-0.39, 0.29) is 13.2 Å². The molecule has 4 heteroatoms. The number of thioether (sulfide) groups is 1. The Bertz CT molecular complexity index is 77.6. The van der Waals surface area contributed by atoms with Crippen LogP contribution in [-0.2, 0) is 0 Å². The lowest BCUT2D eigenvalue weighted by atomic mass is 10.1. The zero-order valence-electron chi connectivity index (χ0n) is 6.42. The Morgan fingerprint density at radius 2 is 1.90 bits per heavy atom. The van der Waals surface area contributed by atoms with Crippen molar-refractivity contribution in [1.29, 1.82) is 0 Å². The van der Waals surface area contributed by atoms with Crippen LogP contribution >= 0.6 is 11.8 Å². The highest BCUT2D eigenvalue weighted by Crippen LogP contribution is 2.08. The van der Waals surface area contributed by atoms with Gasteiger partial charge in [0.2, 0.25) is 0 Å². The summed E-state index contributed by atoms with van der Waals surface area (Å²) in [5, 5.41) is 20.6. The molecule has 3 nitrogen and oxygen atoms in total. The quantitative estimate of drug-likeness (QED) is 0.504. The summed E-state index contributed by atoms with van der Waals surface area (Å²) in [5.74, 6) is 0.719. The molecule has 0 aromatic heterocycles. The summed E-state index contributed by atoms with van der Waals surface area (Å²) < 4.78 is 0. The van der Waals surface area contributed by atoms with Gasteiger partial charge < -0.3 is 15.5 Å². The molecule has 0 amide bonds. The van der Waals surface area contributed by atoms with E-state index in [4.69, 9.17) is 10.2 Å². The van der Waals surface area contributed by atoms with Gasteiger partial charge in [-0.15, -0.1) is 0 Å². The minimum absolute atomic E-state index is 0.0269. The monoisotopic (exact) mass is 165 g/mol. The van der Waals surface area contributed by atoms with Crippen molar-refractivity contribution in [3.8, 4) is 0 Å². The Kier molecular flexibility index (Phi) is 5.07. The second kappa shape index (κ2) is 4.96. The van der Waals surface area contributed by atoms with Gasteiger partial charge in [0, 0.05) is 5.75 Å². The number of aliphatic hydroxyl groups is 2. The molecule has 3 N–H and O–H groups in total. The van der Waals surface area contributed by atoms with Crippen LogP contribution in [0.25, 0.3) is 0 Å². The first-order valence-electron chi connectivity index (χ1n) is 3.14. The SMILES string of the molecule is CNC(CO)(CO)CSC. The third-order valence-electron chi connectivity index (χ3n) is 1.56. The minimum atomic E-state index is -0.501. The predicted octanol–water partition coefficient (Wildman–Crippen LogP) is -0.708. The lowest BCUT2D eigenvalue weighted by Crippen LogP contribution is -2.52. The number of nitrogens with one attached hydrogen (secondary N) is 1. The van der Waals surface area contributed by atoms with E-state index in [0.717, 1.165) is 5.75 Å². The van der Waals surface area contributed by atoms with Crippen LogP contribution in [0, 0.1) is 0 Å². The molecule has 62 valence electrons. The molecule has 0 aliphatic carbocycles. The van der Waals surface area contributed by atoms with E-state index >= 15 is 0 Å². The van der Waals surface area contributed by atoms with Crippen LogP contribution in [-0.4, -0.2) is 48.0 Å². The second-order valence-corrected chi connectivity index (χ2v) is 3.15. The van der Waals surface area contributed by atoms with E-state index in [1.807, 2.05) is 6.26 Å². The zero-order chi connectivity index (χ0) is 8.04. The van der Waals surface area contributed by atoms with Crippen molar-refractivity contribution < 1.29 is 10.2 Å². The topological polar surface area (TPSA) is 52.5 Å². The first kappa shape index (κ1) is 10.2. The van der Waals surface area contributed by atoms with Gasteiger partial charge in [0.1, 0.15) is 0 Å². The van der Waals surface area contributed by atoms with E-state index in [1.54, 1.807) is 18.8 Å². The normalized spacial score (nSPS) is 12.0. The summed E-state index contributed by atoms with van der Waals surface area (Å²) in [6.45, 7) is -0.0539. The van der Waals surface area contributed by atoms with Crippen molar-refractivity contribution >= 4 is 11.8 Å². The molecule has 0 aliphatic heterocycles. The summed E-state index contributed by atoms with van der Waals surface area (Å²) in [4.78, 5) is 0. The Morgan fingerprint density at radius 1 is 1.40 bits per heavy atom. The van der Waals surface area contributed by atoms with Crippen molar-refractivity contribution in [2.75, 3.05) is 32.3 Å². The minimum Gasteiger partial charge on any atom is -0.394 e. The number of hydrogen-bond acceptors (Lipinski definition) is 4. The fourth-order valence-electron chi connectivity index (χ4n) is 0.648. The first-order valence-corrected chi connectivity index (χ1v) is 4.53. The lowest BCUT2D eigenvalue weighted by molar-refractivity contribution is 0.114. The van der Waals surface area contributed by atoms with Gasteiger partial charge >= 0.3 is 0 Å². The average molecular weight is 165 g/mol. The van der Waals surface area contributed by atoms with E-state index in [1.165, 1.54) is 0 Å². The van der Waals surface area contributed by atoms with Crippen LogP contribution in [0.15, 0.2) is 0 Å². The molecule has 0 aliphatic rings. The van der Waals surface area contributed by atoms with Gasteiger partial charge in [-0.1, -0.05) is 0 Å². The van der Waals surface area contributed by atoms with E-state index in [0.29, 0.717) is 0 Å². The van der Waals surface area contributed by atoms with Crippen molar-refractivity contribution in [2.45, 2.75) is 5.54 Å². The van der Waals surface area contributed by atoms with Crippen LogP contribution in [0.3, 0.4) is 0 Å². The molecule has 10 heavy (non-hydrogen) atoms. The molecule has 0 heterocycles. The molecule has 0 atom stereocenters. The smallest absolute Gasteiger partial charge is 0.0736 e. The van der Waals surface area contributed by atoms with Crippen LogP contribution in [0.4, 0.5) is 0 Å². The van der Waals surface area contributed by atoms with E-state index < -0.39 is 5.54 Å². The van der Waals surface area contributed by atoms with Crippen molar-refractivity contribution in [2.24, 2.45) is 0 Å². The maximum absolute atomic E-state index is 8.87. The molecule has 0 aromatic rings. The number of hydrogen-bond donors (Lipinski definition) is 3. The summed E-state index contributed by atoms with van der Waals surface area (Å²) >= 11 is 1.60. The zero-order valence-corrected chi connectivity index (χ0v) is 7.24. The van der Waals surface area contributed by atoms with Gasteiger partial charge in [0.15, 0.2) is 0 Å². The first-order chi connectivity index (χ1) is 4.74. The summed E-state index contributed by atoms with van der Waals surface area (Å²) in [6, 6.07) is 0.